The molecule has 1 fully saturated rings. The number of hydrogen-bond donors (Lipinski definition) is 2. The smallest absolute Gasteiger partial charge is 0.549 e. The third-order valence-corrected chi connectivity index (χ3v) is 2.27. The van der Waals surface area contributed by atoms with Gasteiger partial charge in [0.1, 0.15) is 20.0 Å². The molecule has 0 aromatic rings. The number of carbonyl (C=O) groups is 1. The van der Waals surface area contributed by atoms with Crippen molar-refractivity contribution in [3.05, 3.63) is 10.1 Å². The van der Waals surface area contributed by atoms with Crippen molar-refractivity contribution >= 4 is 21.9 Å². The van der Waals surface area contributed by atoms with Crippen LogP contribution in [0.1, 0.15) is 0 Å². The Kier molecular flexibility index (Phi) is 12.6. The molecule has 100 valence electrons. The number of aliphatic hydroxyl groups is 1. The van der Waals surface area contributed by atoms with Crippen LogP contribution in [0.3, 0.4) is 0 Å². The van der Waals surface area contributed by atoms with E-state index < -0.39 is 15.3 Å². The number of alkyl halides is 1. The van der Waals surface area contributed by atoms with E-state index in [9.17, 15) is 20.0 Å². The van der Waals surface area contributed by atoms with Gasteiger partial charge in [0.15, 0.2) is 0 Å². The van der Waals surface area contributed by atoms with Crippen LogP contribution in [0.2, 0.25) is 0 Å². The fourth-order valence-electron chi connectivity index (χ4n) is 0.760. The number of nitrogens with zero attached hydrogens (tertiary/aromatic N) is 1. The summed E-state index contributed by atoms with van der Waals surface area (Å²) in [6.45, 7) is -0.369. The molecule has 0 unspecified atom stereocenters. The number of carboxylic acids is 1. The average Bonchev–Trinajstić information content (AvgIpc) is 2.28. The van der Waals surface area contributed by atoms with E-state index in [-0.39, 0.29) is 62.8 Å². The SMILES string of the molecule is O=C([O-])CNCO.O=[N+]([O-])C1(Br)COCOC1.[Na+]. The van der Waals surface area contributed by atoms with E-state index in [2.05, 4.69) is 21.2 Å². The normalized spacial score (nSPS) is 16.8. The number of carbonyl (C=O) groups excluding carboxylic acids is 1. The van der Waals surface area contributed by atoms with E-state index in [0.29, 0.717) is 0 Å². The van der Waals surface area contributed by atoms with Crippen LogP contribution in [0.5, 0.6) is 0 Å². The van der Waals surface area contributed by atoms with Gasteiger partial charge in [0, 0.05) is 27.4 Å². The molecule has 0 atom stereocenters. The van der Waals surface area contributed by atoms with Gasteiger partial charge in [-0.2, -0.15) is 0 Å². The van der Waals surface area contributed by atoms with E-state index in [0.717, 1.165) is 0 Å². The van der Waals surface area contributed by atoms with Crippen LogP contribution in [0.4, 0.5) is 0 Å². The first-order valence-electron chi connectivity index (χ1n) is 4.42. The van der Waals surface area contributed by atoms with Crippen molar-refractivity contribution in [2.24, 2.45) is 0 Å². The van der Waals surface area contributed by atoms with Gasteiger partial charge < -0.3 is 24.5 Å². The minimum Gasteiger partial charge on any atom is -0.549 e. The summed E-state index contributed by atoms with van der Waals surface area (Å²) in [7, 11) is 0. The summed E-state index contributed by atoms with van der Waals surface area (Å²) in [5.41, 5.74) is 0. The van der Waals surface area contributed by atoms with E-state index >= 15 is 0 Å². The van der Waals surface area contributed by atoms with Crippen LogP contribution in [-0.2, 0) is 14.3 Å². The Morgan fingerprint density at radius 1 is 1.50 bits per heavy atom. The van der Waals surface area contributed by atoms with Crippen molar-refractivity contribution in [2.45, 2.75) is 4.45 Å². The van der Waals surface area contributed by atoms with Gasteiger partial charge in [-0.3, -0.25) is 15.4 Å². The van der Waals surface area contributed by atoms with Crippen molar-refractivity contribution in [3.8, 4) is 0 Å². The number of rotatable bonds is 4. The molecule has 0 bridgehead atoms. The van der Waals surface area contributed by atoms with Gasteiger partial charge in [0.05, 0.1) is 12.7 Å². The summed E-state index contributed by atoms with van der Waals surface area (Å²) in [5, 5.41) is 29.8. The van der Waals surface area contributed by atoms with Crippen molar-refractivity contribution in [1.29, 1.82) is 0 Å². The summed E-state index contributed by atoms with van der Waals surface area (Å²) in [5.74, 6) is -1.21. The summed E-state index contributed by atoms with van der Waals surface area (Å²) >= 11 is 2.91. The predicted molar refractivity (Wildman–Crippen MR) is 55.5 cm³/mol. The second kappa shape index (κ2) is 11.1. The first kappa shape index (κ1) is 20.5. The van der Waals surface area contributed by atoms with Gasteiger partial charge >= 0.3 is 34.0 Å². The van der Waals surface area contributed by atoms with Crippen molar-refractivity contribution in [2.75, 3.05) is 33.3 Å². The molecule has 0 amide bonds. The number of hydrogen-bond acceptors (Lipinski definition) is 8. The van der Waals surface area contributed by atoms with E-state index in [4.69, 9.17) is 14.6 Å². The van der Waals surface area contributed by atoms with Gasteiger partial charge in [-0.05, 0) is 0 Å². The second-order valence-electron chi connectivity index (χ2n) is 2.95. The number of carboxylic acid groups (broad SMARTS) is 1. The van der Waals surface area contributed by atoms with Crippen LogP contribution >= 0.6 is 15.9 Å². The van der Waals surface area contributed by atoms with Crippen LogP contribution in [0.25, 0.3) is 0 Å². The Hall–Kier alpha value is 0.190. The molecule has 1 saturated heterocycles. The molecular formula is C7H12BrN2NaO7. The monoisotopic (exact) mass is 338 g/mol. The minimum atomic E-state index is -1.23. The number of aliphatic hydroxyl groups excluding tert-OH is 1. The minimum absolute atomic E-state index is 0. The van der Waals surface area contributed by atoms with Crippen molar-refractivity contribution in [1.82, 2.24) is 5.32 Å². The van der Waals surface area contributed by atoms with E-state index in [1.54, 1.807) is 0 Å². The third-order valence-electron chi connectivity index (χ3n) is 1.52. The van der Waals surface area contributed by atoms with Gasteiger partial charge in [-0.15, -0.1) is 0 Å². The molecule has 1 aliphatic rings. The zero-order valence-corrected chi connectivity index (χ0v) is 13.3. The number of nitrogens with one attached hydrogen (secondary N) is 1. The molecule has 1 rings (SSSR count). The molecule has 11 heteroatoms. The summed E-state index contributed by atoms with van der Waals surface area (Å²) in [6, 6.07) is 0. The van der Waals surface area contributed by atoms with E-state index in [1.165, 1.54) is 0 Å². The van der Waals surface area contributed by atoms with E-state index in [1.807, 2.05) is 0 Å². The maximum Gasteiger partial charge on any atom is 1.00 e. The summed E-state index contributed by atoms with van der Waals surface area (Å²) in [6.07, 6.45) is 0. The number of ether oxygens (including phenoxy) is 2. The van der Waals surface area contributed by atoms with Gasteiger partial charge in [-0.1, -0.05) is 0 Å². The molecule has 0 aromatic heterocycles. The maximum absolute atomic E-state index is 10.3. The molecule has 0 saturated carbocycles. The molecule has 0 spiro atoms. The second-order valence-corrected chi connectivity index (χ2v) is 4.42. The maximum atomic E-state index is 10.3. The third kappa shape index (κ3) is 9.16. The summed E-state index contributed by atoms with van der Waals surface area (Å²) < 4.78 is 8.24. The van der Waals surface area contributed by atoms with Crippen LogP contribution in [-0.4, -0.2) is 53.7 Å². The van der Waals surface area contributed by atoms with Gasteiger partial charge in [0.2, 0.25) is 0 Å². The molecule has 0 aliphatic carbocycles. The average molecular weight is 339 g/mol. The van der Waals surface area contributed by atoms with Crippen molar-refractivity contribution < 1.29 is 59.0 Å². The molecule has 1 aliphatic heterocycles. The predicted octanol–water partition coefficient (Wildman–Crippen LogP) is -5.36. The molecule has 9 nitrogen and oxygen atoms in total. The Balaban J connectivity index is 0. The molecular weight excluding hydrogens is 327 g/mol. The van der Waals surface area contributed by atoms with Crippen LogP contribution in [0.15, 0.2) is 0 Å². The Morgan fingerprint density at radius 2 is 2.00 bits per heavy atom. The number of nitro groups is 1. The van der Waals surface area contributed by atoms with Gasteiger partial charge in [-0.25, -0.2) is 0 Å². The first-order chi connectivity index (χ1) is 7.92. The largest absolute Gasteiger partial charge is 1.00 e. The number of aliphatic carboxylic acids is 1. The standard InChI is InChI=1S/C4H6BrNO4.C3H7NO3.Na/c5-4(6(7)8)1-9-3-10-2-4;5-2-4-1-3(6)7;/h1-3H2;4-5H,1-2H2,(H,6,7);/q;;+1/p-1. The first-order valence-corrected chi connectivity index (χ1v) is 5.22. The number of halogens is 1. The zero-order chi connectivity index (χ0) is 13.3. The molecule has 0 aromatic carbocycles. The fraction of sp³-hybridized carbons (Fsp3) is 0.857. The quantitative estimate of drug-likeness (QED) is 0.129. The van der Waals surface area contributed by atoms with Crippen molar-refractivity contribution in [3.63, 3.8) is 0 Å². The van der Waals surface area contributed by atoms with Gasteiger partial charge in [0.25, 0.3) is 0 Å². The topological polar surface area (TPSA) is 134 Å². The molecule has 0 radical (unpaired) electrons. The molecule has 1 heterocycles. The Bertz CT molecular complexity index is 262. The fourth-order valence-corrected chi connectivity index (χ4v) is 1.08. The Morgan fingerprint density at radius 3 is 2.22 bits per heavy atom. The molecule has 2 N–H and O–H groups in total. The zero-order valence-electron chi connectivity index (χ0n) is 9.76. The summed E-state index contributed by atoms with van der Waals surface area (Å²) in [4.78, 5) is 19.3. The van der Waals surface area contributed by atoms with Crippen LogP contribution < -0.4 is 40.0 Å². The van der Waals surface area contributed by atoms with Crippen LogP contribution in [0, 0.1) is 10.1 Å². The Labute approximate surface area is 133 Å². The molecule has 18 heavy (non-hydrogen) atoms.